The second-order valence-corrected chi connectivity index (χ2v) is 5.44. The summed E-state index contributed by atoms with van der Waals surface area (Å²) in [6.07, 6.45) is 4.20. The molecule has 2 aliphatic heterocycles. The van der Waals surface area contributed by atoms with Crippen LogP contribution in [0.25, 0.3) is 0 Å². The lowest BCUT2D eigenvalue weighted by Gasteiger charge is -2.16. The molecule has 3 atom stereocenters. The van der Waals surface area contributed by atoms with Crippen LogP contribution in [-0.4, -0.2) is 25.7 Å². The molecule has 2 heteroatoms. The highest BCUT2D eigenvalue weighted by Crippen LogP contribution is 2.26. The number of hydrogen-bond donors (Lipinski definition) is 2. The van der Waals surface area contributed by atoms with Crippen molar-refractivity contribution in [3.05, 3.63) is 0 Å². The first-order chi connectivity index (χ1) is 6.75. The lowest BCUT2D eigenvalue weighted by atomic mass is 9.90. The summed E-state index contributed by atoms with van der Waals surface area (Å²) < 4.78 is 0. The van der Waals surface area contributed by atoms with Crippen LogP contribution in [0.2, 0.25) is 0 Å². The van der Waals surface area contributed by atoms with Crippen LogP contribution >= 0.6 is 0 Å². The number of hydrogen-bond acceptors (Lipinski definition) is 2. The minimum Gasteiger partial charge on any atom is -0.316 e. The summed E-state index contributed by atoms with van der Waals surface area (Å²) in [5, 5.41) is 7.14. The molecule has 2 rings (SSSR count). The summed E-state index contributed by atoms with van der Waals surface area (Å²) in [5.74, 6) is 2.72. The second kappa shape index (κ2) is 4.63. The first-order valence-corrected chi connectivity index (χ1v) is 6.20. The Morgan fingerprint density at radius 2 is 2.14 bits per heavy atom. The first kappa shape index (κ1) is 10.4. The third-order valence-electron chi connectivity index (χ3n) is 3.98. The third-order valence-corrected chi connectivity index (χ3v) is 3.98. The molecule has 0 aliphatic carbocycles. The number of rotatable bonds is 3. The highest BCUT2D eigenvalue weighted by molar-refractivity contribution is 4.86. The molecular weight excluding hydrogens is 172 g/mol. The third kappa shape index (κ3) is 2.48. The van der Waals surface area contributed by atoms with Crippen molar-refractivity contribution in [1.82, 2.24) is 10.6 Å². The van der Waals surface area contributed by atoms with Gasteiger partial charge in [0, 0.05) is 6.04 Å². The van der Waals surface area contributed by atoms with Crippen LogP contribution in [0, 0.1) is 17.8 Å². The topological polar surface area (TPSA) is 24.1 Å². The Kier molecular flexibility index (Phi) is 3.45. The molecule has 2 N–H and O–H groups in total. The van der Waals surface area contributed by atoms with Crippen LogP contribution < -0.4 is 10.6 Å². The van der Waals surface area contributed by atoms with E-state index in [9.17, 15) is 0 Å². The molecule has 0 aromatic heterocycles. The van der Waals surface area contributed by atoms with Crippen LogP contribution in [-0.2, 0) is 0 Å². The van der Waals surface area contributed by atoms with Crippen molar-refractivity contribution in [2.24, 2.45) is 17.8 Å². The lowest BCUT2D eigenvalue weighted by Crippen LogP contribution is -2.25. The molecule has 2 heterocycles. The van der Waals surface area contributed by atoms with Gasteiger partial charge in [0.1, 0.15) is 0 Å². The first-order valence-electron chi connectivity index (χ1n) is 6.20. The lowest BCUT2D eigenvalue weighted by molar-refractivity contribution is 0.388. The van der Waals surface area contributed by atoms with Gasteiger partial charge >= 0.3 is 0 Å². The smallest absolute Gasteiger partial charge is 0.00735 e. The van der Waals surface area contributed by atoms with Crippen molar-refractivity contribution >= 4 is 0 Å². The van der Waals surface area contributed by atoms with Crippen molar-refractivity contribution < 1.29 is 0 Å². The van der Waals surface area contributed by atoms with Gasteiger partial charge in [-0.2, -0.15) is 0 Å². The molecule has 0 spiro atoms. The maximum atomic E-state index is 3.69. The molecule has 0 saturated carbocycles. The Balaban J connectivity index is 1.72. The Labute approximate surface area is 87.8 Å². The zero-order chi connectivity index (χ0) is 9.97. The Bertz CT molecular complexity index is 173. The molecule has 2 aliphatic rings. The van der Waals surface area contributed by atoms with Crippen LogP contribution in [0.1, 0.15) is 33.1 Å². The van der Waals surface area contributed by atoms with E-state index in [-0.39, 0.29) is 0 Å². The highest BCUT2D eigenvalue weighted by Gasteiger charge is 2.28. The number of nitrogens with one attached hydrogen (secondary N) is 2. The predicted molar refractivity (Wildman–Crippen MR) is 60.3 cm³/mol. The van der Waals surface area contributed by atoms with Crippen molar-refractivity contribution in [1.29, 1.82) is 0 Å². The van der Waals surface area contributed by atoms with Gasteiger partial charge in [0.2, 0.25) is 0 Å². The minimum atomic E-state index is 0.812. The monoisotopic (exact) mass is 196 g/mol. The quantitative estimate of drug-likeness (QED) is 0.717. The van der Waals surface area contributed by atoms with E-state index in [1.54, 1.807) is 0 Å². The molecular formula is C12H24N2. The standard InChI is InChI=1S/C12H24N2/c1-9(2)11-6-12(14-8-11)5-10-3-4-13-7-10/h9-14H,3-8H2,1-2H3/t10-,11?,12?/m0/s1. The summed E-state index contributed by atoms with van der Waals surface area (Å²) in [6, 6.07) is 0.812. The molecule has 2 saturated heterocycles. The van der Waals surface area contributed by atoms with Gasteiger partial charge in [0.05, 0.1) is 0 Å². The maximum absolute atomic E-state index is 3.69. The molecule has 2 nitrogen and oxygen atoms in total. The fourth-order valence-electron chi connectivity index (χ4n) is 2.86. The molecule has 2 unspecified atom stereocenters. The fourth-order valence-corrected chi connectivity index (χ4v) is 2.86. The highest BCUT2D eigenvalue weighted by atomic mass is 15.0. The second-order valence-electron chi connectivity index (χ2n) is 5.44. The van der Waals surface area contributed by atoms with Crippen LogP contribution in [0.4, 0.5) is 0 Å². The van der Waals surface area contributed by atoms with Gasteiger partial charge in [-0.1, -0.05) is 13.8 Å². The summed E-state index contributed by atoms with van der Waals surface area (Å²) in [5.41, 5.74) is 0. The summed E-state index contributed by atoms with van der Waals surface area (Å²) in [6.45, 7) is 8.45. The molecule has 0 radical (unpaired) electrons. The molecule has 0 amide bonds. The fraction of sp³-hybridized carbons (Fsp3) is 1.00. The molecule has 14 heavy (non-hydrogen) atoms. The van der Waals surface area contributed by atoms with E-state index in [1.807, 2.05) is 0 Å². The summed E-state index contributed by atoms with van der Waals surface area (Å²) >= 11 is 0. The van der Waals surface area contributed by atoms with Gasteiger partial charge in [-0.15, -0.1) is 0 Å². The summed E-state index contributed by atoms with van der Waals surface area (Å²) in [4.78, 5) is 0. The van der Waals surface area contributed by atoms with E-state index in [0.717, 1.165) is 23.8 Å². The van der Waals surface area contributed by atoms with E-state index >= 15 is 0 Å². The van der Waals surface area contributed by atoms with Crippen LogP contribution in [0.3, 0.4) is 0 Å². The minimum absolute atomic E-state index is 0.812. The van der Waals surface area contributed by atoms with E-state index in [0.29, 0.717) is 0 Å². The van der Waals surface area contributed by atoms with Gasteiger partial charge < -0.3 is 10.6 Å². The average molecular weight is 196 g/mol. The van der Waals surface area contributed by atoms with Crippen molar-refractivity contribution in [3.8, 4) is 0 Å². The predicted octanol–water partition coefficient (Wildman–Crippen LogP) is 1.62. The zero-order valence-corrected chi connectivity index (χ0v) is 9.55. The van der Waals surface area contributed by atoms with Crippen LogP contribution in [0.15, 0.2) is 0 Å². The van der Waals surface area contributed by atoms with Crippen molar-refractivity contribution in [2.45, 2.75) is 39.2 Å². The van der Waals surface area contributed by atoms with Gasteiger partial charge in [0.15, 0.2) is 0 Å². The Morgan fingerprint density at radius 3 is 2.71 bits per heavy atom. The zero-order valence-electron chi connectivity index (χ0n) is 9.55. The van der Waals surface area contributed by atoms with Gasteiger partial charge in [-0.3, -0.25) is 0 Å². The maximum Gasteiger partial charge on any atom is 0.00735 e. The van der Waals surface area contributed by atoms with Crippen molar-refractivity contribution in [2.75, 3.05) is 19.6 Å². The molecule has 82 valence electrons. The normalized spacial score (nSPS) is 38.4. The molecule has 0 bridgehead atoms. The molecule has 2 fully saturated rings. The molecule has 0 aromatic carbocycles. The van der Waals surface area contributed by atoms with E-state index in [1.165, 1.54) is 38.9 Å². The van der Waals surface area contributed by atoms with E-state index in [2.05, 4.69) is 24.5 Å². The SMILES string of the molecule is CC(C)C1CNC(C[C@@H]2CCNC2)C1. The van der Waals surface area contributed by atoms with Gasteiger partial charge in [-0.05, 0) is 56.7 Å². The summed E-state index contributed by atoms with van der Waals surface area (Å²) in [7, 11) is 0. The van der Waals surface area contributed by atoms with Crippen LogP contribution in [0.5, 0.6) is 0 Å². The van der Waals surface area contributed by atoms with Crippen molar-refractivity contribution in [3.63, 3.8) is 0 Å². The van der Waals surface area contributed by atoms with E-state index < -0.39 is 0 Å². The Morgan fingerprint density at radius 1 is 1.29 bits per heavy atom. The molecule has 0 aromatic rings. The Hall–Kier alpha value is -0.0800. The largest absolute Gasteiger partial charge is 0.316 e. The van der Waals surface area contributed by atoms with Gasteiger partial charge in [0.25, 0.3) is 0 Å². The van der Waals surface area contributed by atoms with E-state index in [4.69, 9.17) is 0 Å². The van der Waals surface area contributed by atoms with Gasteiger partial charge in [-0.25, -0.2) is 0 Å². The average Bonchev–Trinajstić information content (AvgIpc) is 2.75.